The fourth-order valence-corrected chi connectivity index (χ4v) is 1.23. The molecule has 0 fully saturated rings. The highest BCUT2D eigenvalue weighted by molar-refractivity contribution is 6.60. The van der Waals surface area contributed by atoms with Crippen molar-refractivity contribution in [2.75, 3.05) is 13.6 Å². The van der Waals surface area contributed by atoms with Crippen LogP contribution in [0, 0.1) is 0 Å². The Balaban J connectivity index is 4.22. The quantitative estimate of drug-likeness (QED) is 0.165. The summed E-state index contributed by atoms with van der Waals surface area (Å²) >= 11 is 0. The van der Waals surface area contributed by atoms with Crippen molar-refractivity contribution in [1.29, 1.82) is 0 Å². The third-order valence-corrected chi connectivity index (χ3v) is 2.35. The molecule has 0 bridgehead atoms. The normalized spacial score (nSPS) is 14.0. The van der Waals surface area contributed by atoms with Crippen molar-refractivity contribution in [3.05, 3.63) is 23.7 Å². The Labute approximate surface area is 122 Å². The molecule has 0 aromatic heterocycles. The number of aliphatic imine (C=N–C) groups is 1. The van der Waals surface area contributed by atoms with Crippen molar-refractivity contribution in [1.82, 2.24) is 5.32 Å². The first-order chi connectivity index (χ1) is 9.90. The van der Waals surface area contributed by atoms with Crippen molar-refractivity contribution in [2.24, 2.45) is 33.1 Å². The Morgan fingerprint density at radius 1 is 1.33 bits per heavy atom. The second-order valence-electron chi connectivity index (χ2n) is 4.13. The average molecular weight is 299 g/mol. The molecule has 0 aliphatic rings. The third kappa shape index (κ3) is 9.03. The lowest BCUT2D eigenvalue weighted by atomic mass is 10.1. The maximum atomic E-state index is 13.6. The molecule has 0 aromatic carbocycles. The number of carbonyl (C=O) groups is 1. The molecule has 118 valence electrons. The van der Waals surface area contributed by atoms with E-state index in [1.165, 1.54) is 19.2 Å². The van der Waals surface area contributed by atoms with Crippen LogP contribution in [0.3, 0.4) is 0 Å². The first-order valence-corrected chi connectivity index (χ1v) is 6.21. The molecule has 0 saturated carbocycles. The number of nitrogens with zero attached hydrogens (tertiary/aromatic N) is 2. The van der Waals surface area contributed by atoms with Crippen LogP contribution < -0.4 is 28.4 Å². The molecule has 9 N–H and O–H groups in total. The van der Waals surface area contributed by atoms with Gasteiger partial charge in [0, 0.05) is 12.7 Å². The summed E-state index contributed by atoms with van der Waals surface area (Å²) < 4.78 is 13.6. The molecule has 1 atom stereocenters. The van der Waals surface area contributed by atoms with E-state index in [2.05, 4.69) is 15.4 Å². The molecule has 0 aromatic rings. The molecule has 0 aliphatic carbocycles. The standard InChI is InChI=1S/C12H22FN7O/c1-18-12(21)10(20-17)7-19-6-8(13)2-3-9(14)4-5-11(15)16/h4-5,7-8H,2-3,6,14-17H2,1H3,(H,18,21)/b9-4-,19-7?,20-10?. The first-order valence-electron chi connectivity index (χ1n) is 6.21. The number of nitrogens with two attached hydrogens (primary N) is 4. The maximum Gasteiger partial charge on any atom is 0.273 e. The predicted octanol–water partition coefficient (Wildman–Crippen LogP) is -1.16. The van der Waals surface area contributed by atoms with E-state index < -0.39 is 12.1 Å². The second-order valence-corrected chi connectivity index (χ2v) is 4.13. The second kappa shape index (κ2) is 10.2. The number of hydrogen-bond acceptors (Lipinski definition) is 7. The minimum Gasteiger partial charge on any atom is -0.402 e. The van der Waals surface area contributed by atoms with Gasteiger partial charge in [0.25, 0.3) is 5.91 Å². The number of allylic oxidation sites excluding steroid dienone is 3. The van der Waals surface area contributed by atoms with Crippen molar-refractivity contribution in [3.8, 4) is 0 Å². The van der Waals surface area contributed by atoms with Gasteiger partial charge in [0.1, 0.15) is 6.17 Å². The zero-order chi connectivity index (χ0) is 16.3. The fourth-order valence-electron chi connectivity index (χ4n) is 1.23. The summed E-state index contributed by atoms with van der Waals surface area (Å²) in [7, 11) is 1.43. The maximum absolute atomic E-state index is 13.6. The van der Waals surface area contributed by atoms with Gasteiger partial charge in [-0.2, -0.15) is 5.10 Å². The number of hydrogen-bond donors (Lipinski definition) is 5. The summed E-state index contributed by atoms with van der Waals surface area (Å²) in [5.41, 5.74) is 16.5. The monoisotopic (exact) mass is 299 g/mol. The van der Waals surface area contributed by atoms with Gasteiger partial charge in [-0.3, -0.25) is 9.79 Å². The molecule has 21 heavy (non-hydrogen) atoms. The minimum atomic E-state index is -1.20. The van der Waals surface area contributed by atoms with E-state index in [1.54, 1.807) is 0 Å². The smallest absolute Gasteiger partial charge is 0.273 e. The summed E-state index contributed by atoms with van der Waals surface area (Å²) in [6.45, 7) is -0.113. The van der Waals surface area contributed by atoms with Gasteiger partial charge < -0.3 is 28.4 Å². The topological polar surface area (TPSA) is 158 Å². The Hall–Kier alpha value is -2.58. The number of halogens is 1. The average Bonchev–Trinajstić information content (AvgIpc) is 2.46. The van der Waals surface area contributed by atoms with Crippen LogP contribution in [0.15, 0.2) is 33.8 Å². The molecule has 0 aliphatic heterocycles. The van der Waals surface area contributed by atoms with E-state index in [1.807, 2.05) is 0 Å². The Morgan fingerprint density at radius 2 is 2.00 bits per heavy atom. The van der Waals surface area contributed by atoms with E-state index >= 15 is 0 Å². The molecule has 0 saturated heterocycles. The molecule has 0 spiro atoms. The zero-order valence-corrected chi connectivity index (χ0v) is 11.9. The van der Waals surface area contributed by atoms with Crippen LogP contribution >= 0.6 is 0 Å². The Kier molecular flexibility index (Phi) is 8.98. The van der Waals surface area contributed by atoms with E-state index in [4.69, 9.17) is 23.0 Å². The molecule has 9 heteroatoms. The molecule has 0 heterocycles. The van der Waals surface area contributed by atoms with Gasteiger partial charge in [-0.15, -0.1) is 0 Å². The predicted molar refractivity (Wildman–Crippen MR) is 81.9 cm³/mol. The van der Waals surface area contributed by atoms with Crippen LogP contribution in [-0.4, -0.2) is 37.6 Å². The number of nitrogens with one attached hydrogen (secondary N) is 1. The van der Waals surface area contributed by atoms with Gasteiger partial charge in [-0.25, -0.2) is 4.39 Å². The molecule has 0 radical (unpaired) electrons. The molecule has 0 rings (SSSR count). The lowest BCUT2D eigenvalue weighted by Gasteiger charge is -2.05. The number of amides is 1. The highest BCUT2D eigenvalue weighted by Gasteiger charge is 2.08. The lowest BCUT2D eigenvalue weighted by molar-refractivity contribution is -0.114. The molecule has 8 nitrogen and oxygen atoms in total. The number of rotatable bonds is 8. The summed E-state index contributed by atoms with van der Waals surface area (Å²) in [6, 6.07) is 0. The van der Waals surface area contributed by atoms with Crippen LogP contribution in [-0.2, 0) is 4.79 Å². The summed E-state index contributed by atoms with van der Waals surface area (Å²) in [4.78, 5) is 15.0. The highest BCUT2D eigenvalue weighted by Crippen LogP contribution is 2.06. The van der Waals surface area contributed by atoms with Crippen molar-refractivity contribution >= 4 is 17.8 Å². The molecular weight excluding hydrogens is 277 g/mol. The summed E-state index contributed by atoms with van der Waals surface area (Å²) in [5.74, 6) is 4.65. The van der Waals surface area contributed by atoms with Gasteiger partial charge in [-0.1, -0.05) is 0 Å². The fraction of sp³-hybridized carbons (Fsp3) is 0.417. The van der Waals surface area contributed by atoms with E-state index in [0.717, 1.165) is 6.21 Å². The third-order valence-electron chi connectivity index (χ3n) is 2.35. The number of hydrazone groups is 1. The minimum absolute atomic E-state index is 0.0762. The highest BCUT2D eigenvalue weighted by atomic mass is 19.1. The van der Waals surface area contributed by atoms with Crippen molar-refractivity contribution in [3.63, 3.8) is 0 Å². The van der Waals surface area contributed by atoms with Gasteiger partial charge >= 0.3 is 0 Å². The van der Waals surface area contributed by atoms with Gasteiger partial charge in [0.15, 0.2) is 5.71 Å². The molecular formula is C12H22FN7O. The van der Waals surface area contributed by atoms with E-state index in [0.29, 0.717) is 12.1 Å². The summed E-state index contributed by atoms with van der Waals surface area (Å²) in [5, 5.41) is 5.58. The Morgan fingerprint density at radius 3 is 2.52 bits per heavy atom. The molecule has 1 amide bonds. The van der Waals surface area contributed by atoms with Crippen molar-refractivity contribution in [2.45, 2.75) is 19.0 Å². The SMILES string of the molecule is CNC(=O)C(C=NCC(F)CC/C(N)=C/C=C(N)N)=NN. The van der Waals surface area contributed by atoms with E-state index in [-0.39, 0.29) is 24.5 Å². The van der Waals surface area contributed by atoms with Crippen LogP contribution in [0.25, 0.3) is 0 Å². The van der Waals surface area contributed by atoms with Gasteiger partial charge in [0.2, 0.25) is 0 Å². The van der Waals surface area contributed by atoms with Crippen LogP contribution in [0.5, 0.6) is 0 Å². The first kappa shape index (κ1) is 18.4. The largest absolute Gasteiger partial charge is 0.402 e. The van der Waals surface area contributed by atoms with Crippen LogP contribution in [0.2, 0.25) is 0 Å². The van der Waals surface area contributed by atoms with Crippen LogP contribution in [0.1, 0.15) is 12.8 Å². The summed E-state index contributed by atoms with van der Waals surface area (Å²) in [6.07, 6.45) is 3.42. The number of carbonyl (C=O) groups excluding carboxylic acids is 1. The van der Waals surface area contributed by atoms with E-state index in [9.17, 15) is 9.18 Å². The Bertz CT molecular complexity index is 453. The van der Waals surface area contributed by atoms with Gasteiger partial charge in [0.05, 0.1) is 18.6 Å². The lowest BCUT2D eigenvalue weighted by Crippen LogP contribution is -2.29. The zero-order valence-electron chi connectivity index (χ0n) is 11.9. The van der Waals surface area contributed by atoms with Gasteiger partial charge in [-0.05, 0) is 25.0 Å². The van der Waals surface area contributed by atoms with Crippen molar-refractivity contribution < 1.29 is 9.18 Å². The van der Waals surface area contributed by atoms with Crippen LogP contribution in [0.4, 0.5) is 4.39 Å². The molecule has 1 unspecified atom stereocenters. The number of alkyl halides is 1.